The van der Waals surface area contributed by atoms with Gasteiger partial charge < -0.3 is 10.4 Å². The average Bonchev–Trinajstić information content (AvgIpc) is 2.81. The second-order valence-electron chi connectivity index (χ2n) is 4.01. The molecule has 0 saturated heterocycles. The van der Waals surface area contributed by atoms with Crippen LogP contribution in [0.3, 0.4) is 0 Å². The van der Waals surface area contributed by atoms with E-state index in [-0.39, 0.29) is 16.9 Å². The van der Waals surface area contributed by atoms with Crippen LogP contribution in [0, 0.1) is 17.0 Å². The molecule has 7 nitrogen and oxygen atoms in total. The second kappa shape index (κ2) is 5.66. The first-order valence-corrected chi connectivity index (χ1v) is 6.52. The van der Waals surface area contributed by atoms with E-state index < -0.39 is 10.9 Å². The van der Waals surface area contributed by atoms with Crippen molar-refractivity contribution in [3.05, 3.63) is 50.0 Å². The molecule has 104 valence electrons. The van der Waals surface area contributed by atoms with Crippen LogP contribution < -0.4 is 5.32 Å². The van der Waals surface area contributed by atoms with E-state index in [1.54, 1.807) is 0 Å². The molecule has 0 spiro atoms. The van der Waals surface area contributed by atoms with Crippen molar-refractivity contribution in [1.82, 2.24) is 4.98 Å². The number of nitro groups is 1. The maximum atomic E-state index is 10.9. The van der Waals surface area contributed by atoms with Gasteiger partial charge in [0.2, 0.25) is 0 Å². The molecule has 0 atom stereocenters. The number of thiazole rings is 1. The van der Waals surface area contributed by atoms with Gasteiger partial charge in [0.25, 0.3) is 5.69 Å². The van der Waals surface area contributed by atoms with E-state index in [9.17, 15) is 14.9 Å². The summed E-state index contributed by atoms with van der Waals surface area (Å²) in [6.45, 7) is 2.16. The third-order valence-electron chi connectivity index (χ3n) is 2.57. The predicted octanol–water partition coefficient (Wildman–Crippen LogP) is 2.67. The zero-order valence-corrected chi connectivity index (χ0v) is 11.3. The van der Waals surface area contributed by atoms with E-state index in [0.29, 0.717) is 6.54 Å². The van der Waals surface area contributed by atoms with Gasteiger partial charge >= 0.3 is 5.97 Å². The summed E-state index contributed by atoms with van der Waals surface area (Å²) in [5.74, 6) is -1.13. The molecule has 20 heavy (non-hydrogen) atoms. The predicted molar refractivity (Wildman–Crippen MR) is 74.2 cm³/mol. The van der Waals surface area contributed by atoms with Gasteiger partial charge in [0.1, 0.15) is 5.69 Å². The summed E-state index contributed by atoms with van der Waals surface area (Å²) >= 11 is 1.48. The summed E-state index contributed by atoms with van der Waals surface area (Å²) < 4.78 is 0. The van der Waals surface area contributed by atoms with Gasteiger partial charge in [-0.2, -0.15) is 0 Å². The van der Waals surface area contributed by atoms with E-state index >= 15 is 0 Å². The van der Waals surface area contributed by atoms with Crippen LogP contribution in [0.15, 0.2) is 23.6 Å². The van der Waals surface area contributed by atoms with Gasteiger partial charge in [-0.15, -0.1) is 11.3 Å². The molecule has 8 heteroatoms. The normalized spacial score (nSPS) is 10.2. The van der Waals surface area contributed by atoms with Crippen LogP contribution >= 0.6 is 11.3 Å². The van der Waals surface area contributed by atoms with E-state index in [2.05, 4.69) is 10.3 Å². The number of nitro benzene ring substituents is 1. The highest BCUT2D eigenvalue weighted by molar-refractivity contribution is 7.09. The number of carboxylic acids is 1. The molecule has 0 unspecified atom stereocenters. The molecule has 0 saturated carbocycles. The molecular formula is C12H11N3O4S. The van der Waals surface area contributed by atoms with E-state index in [1.807, 2.05) is 12.3 Å². The first-order chi connectivity index (χ1) is 9.47. The number of nitrogens with one attached hydrogen (secondary N) is 1. The third kappa shape index (κ3) is 3.09. The molecular weight excluding hydrogens is 282 g/mol. The molecule has 0 amide bonds. The Labute approximate surface area is 118 Å². The number of nitrogens with zero attached hydrogens (tertiary/aromatic N) is 2. The highest BCUT2D eigenvalue weighted by Crippen LogP contribution is 2.26. The number of carboxylic acid groups (broad SMARTS) is 1. The number of rotatable bonds is 5. The Balaban J connectivity index is 2.25. The van der Waals surface area contributed by atoms with E-state index in [0.717, 1.165) is 10.7 Å². The maximum absolute atomic E-state index is 10.9. The fourth-order valence-corrected chi connectivity index (χ4v) is 2.26. The van der Waals surface area contributed by atoms with E-state index in [4.69, 9.17) is 5.11 Å². The Kier molecular flexibility index (Phi) is 3.94. The zero-order valence-electron chi connectivity index (χ0n) is 10.5. The van der Waals surface area contributed by atoms with Gasteiger partial charge in [0.05, 0.1) is 27.7 Å². The fourth-order valence-electron chi connectivity index (χ4n) is 1.65. The van der Waals surface area contributed by atoms with Crippen molar-refractivity contribution in [1.29, 1.82) is 0 Å². The molecule has 0 radical (unpaired) electrons. The molecule has 0 aliphatic rings. The molecule has 0 aliphatic carbocycles. The van der Waals surface area contributed by atoms with Crippen LogP contribution in [0.5, 0.6) is 0 Å². The minimum absolute atomic E-state index is 0.00689. The molecule has 1 heterocycles. The lowest BCUT2D eigenvalue weighted by atomic mass is 10.1. The first kappa shape index (κ1) is 13.9. The smallest absolute Gasteiger partial charge is 0.335 e. The molecule has 2 aromatic rings. The number of benzene rings is 1. The van der Waals surface area contributed by atoms with Crippen LogP contribution in [0.4, 0.5) is 11.4 Å². The van der Waals surface area contributed by atoms with E-state index in [1.165, 1.54) is 29.5 Å². The summed E-state index contributed by atoms with van der Waals surface area (Å²) in [6.07, 6.45) is 0. The average molecular weight is 293 g/mol. The second-order valence-corrected chi connectivity index (χ2v) is 5.07. The quantitative estimate of drug-likeness (QED) is 0.648. The number of hydrogen-bond donors (Lipinski definition) is 2. The largest absolute Gasteiger partial charge is 0.478 e. The SMILES string of the molecule is Cc1nc(CNc2cc(C(=O)O)ccc2[N+](=O)[O-])cs1. The van der Waals surface area contributed by atoms with Gasteiger partial charge in [-0.05, 0) is 19.1 Å². The molecule has 0 bridgehead atoms. The fraction of sp³-hybridized carbons (Fsp3) is 0.167. The summed E-state index contributed by atoms with van der Waals surface area (Å²) in [7, 11) is 0. The summed E-state index contributed by atoms with van der Waals surface area (Å²) in [5, 5.41) is 25.4. The Morgan fingerprint density at radius 1 is 1.55 bits per heavy atom. The third-order valence-corrected chi connectivity index (χ3v) is 3.39. The van der Waals surface area contributed by atoms with Gasteiger partial charge in [-0.3, -0.25) is 10.1 Å². The van der Waals surface area contributed by atoms with Crippen LogP contribution in [0.25, 0.3) is 0 Å². The standard InChI is InChI=1S/C12H11N3O4S/c1-7-14-9(6-20-7)5-13-10-4-8(12(16)17)2-3-11(10)15(18)19/h2-4,6,13H,5H2,1H3,(H,16,17). The molecule has 1 aromatic heterocycles. The van der Waals surface area contributed by atoms with Gasteiger partial charge in [0, 0.05) is 11.4 Å². The molecule has 0 aliphatic heterocycles. The molecule has 1 aromatic carbocycles. The van der Waals surface area contributed by atoms with Crippen molar-refractivity contribution in [2.75, 3.05) is 5.32 Å². The highest BCUT2D eigenvalue weighted by atomic mass is 32.1. The lowest BCUT2D eigenvalue weighted by molar-refractivity contribution is -0.384. The Morgan fingerprint density at radius 3 is 2.85 bits per heavy atom. The number of aromatic nitrogens is 1. The number of aromatic carboxylic acids is 1. The van der Waals surface area contributed by atoms with Crippen LogP contribution in [-0.2, 0) is 6.54 Å². The van der Waals surface area contributed by atoms with Gasteiger partial charge in [-0.25, -0.2) is 9.78 Å². The minimum Gasteiger partial charge on any atom is -0.478 e. The number of carbonyl (C=O) groups is 1. The summed E-state index contributed by atoms with van der Waals surface area (Å²) in [5.41, 5.74) is 0.748. The van der Waals surface area contributed by atoms with Crippen molar-refractivity contribution in [2.24, 2.45) is 0 Å². The van der Waals surface area contributed by atoms with Crippen molar-refractivity contribution in [3.63, 3.8) is 0 Å². The summed E-state index contributed by atoms with van der Waals surface area (Å²) in [6, 6.07) is 3.64. The Hall–Kier alpha value is -2.48. The number of aryl methyl sites for hydroxylation is 1. The number of hydrogen-bond acceptors (Lipinski definition) is 6. The first-order valence-electron chi connectivity index (χ1n) is 5.64. The summed E-state index contributed by atoms with van der Waals surface area (Å²) in [4.78, 5) is 25.5. The van der Waals surface area contributed by atoms with Crippen LogP contribution in [0.1, 0.15) is 21.1 Å². The van der Waals surface area contributed by atoms with Crippen molar-refractivity contribution < 1.29 is 14.8 Å². The van der Waals surface area contributed by atoms with Crippen LogP contribution in [-0.4, -0.2) is 21.0 Å². The molecule has 2 N–H and O–H groups in total. The van der Waals surface area contributed by atoms with Crippen molar-refractivity contribution in [2.45, 2.75) is 13.5 Å². The monoisotopic (exact) mass is 293 g/mol. The highest BCUT2D eigenvalue weighted by Gasteiger charge is 2.16. The maximum Gasteiger partial charge on any atom is 0.335 e. The lowest BCUT2D eigenvalue weighted by Gasteiger charge is -2.06. The lowest BCUT2D eigenvalue weighted by Crippen LogP contribution is -2.05. The minimum atomic E-state index is -1.13. The van der Waals surface area contributed by atoms with Gasteiger partial charge in [-0.1, -0.05) is 0 Å². The molecule has 0 fully saturated rings. The van der Waals surface area contributed by atoms with Crippen molar-refractivity contribution in [3.8, 4) is 0 Å². The van der Waals surface area contributed by atoms with Crippen LogP contribution in [0.2, 0.25) is 0 Å². The van der Waals surface area contributed by atoms with Gasteiger partial charge in [0.15, 0.2) is 0 Å². The number of anilines is 1. The zero-order chi connectivity index (χ0) is 14.7. The van der Waals surface area contributed by atoms with Crippen molar-refractivity contribution >= 4 is 28.7 Å². The topological polar surface area (TPSA) is 105 Å². The Morgan fingerprint density at radius 2 is 2.30 bits per heavy atom. The Bertz CT molecular complexity index is 668. The molecule has 2 rings (SSSR count).